The lowest BCUT2D eigenvalue weighted by Gasteiger charge is -2.24. The van der Waals surface area contributed by atoms with Crippen LogP contribution in [0.2, 0.25) is 0 Å². The molecule has 0 N–H and O–H groups in total. The molecule has 1 saturated heterocycles. The van der Waals surface area contributed by atoms with E-state index in [4.69, 9.17) is 0 Å². The molecule has 0 spiro atoms. The standard InChI is InChI=1S/C9H17N/c1-3-7(2)10-5-8-4-9(8)6-10/h7-9H,3-6H2,1-2H3. The number of hydrogen-bond donors (Lipinski definition) is 0. The van der Waals surface area contributed by atoms with E-state index in [1.54, 1.807) is 0 Å². The first-order valence-corrected chi connectivity index (χ1v) is 4.55. The van der Waals surface area contributed by atoms with Crippen LogP contribution in [0.5, 0.6) is 0 Å². The fourth-order valence-electron chi connectivity index (χ4n) is 2.05. The van der Waals surface area contributed by atoms with Gasteiger partial charge in [-0.2, -0.15) is 0 Å². The van der Waals surface area contributed by atoms with Gasteiger partial charge in [-0.25, -0.2) is 0 Å². The molecule has 1 heteroatoms. The molecule has 2 aliphatic rings. The molecule has 1 heterocycles. The van der Waals surface area contributed by atoms with Crippen LogP contribution in [-0.4, -0.2) is 24.0 Å². The normalized spacial score (nSPS) is 41.4. The molecule has 2 rings (SSSR count). The Morgan fingerprint density at radius 1 is 1.40 bits per heavy atom. The average Bonchev–Trinajstić information content (AvgIpc) is 2.57. The Kier molecular flexibility index (Phi) is 1.48. The third-order valence-corrected chi connectivity index (χ3v) is 3.22. The summed E-state index contributed by atoms with van der Waals surface area (Å²) in [5, 5.41) is 0. The van der Waals surface area contributed by atoms with E-state index in [2.05, 4.69) is 18.7 Å². The zero-order valence-corrected chi connectivity index (χ0v) is 7.01. The fourth-order valence-corrected chi connectivity index (χ4v) is 2.05. The SMILES string of the molecule is CCC(C)N1CC2CC2C1. The molecule has 0 radical (unpaired) electrons. The van der Waals surface area contributed by atoms with Crippen molar-refractivity contribution >= 4 is 0 Å². The molecule has 10 heavy (non-hydrogen) atoms. The van der Waals surface area contributed by atoms with Gasteiger partial charge in [0, 0.05) is 19.1 Å². The molecule has 3 atom stereocenters. The summed E-state index contributed by atoms with van der Waals surface area (Å²) in [6.07, 6.45) is 2.85. The van der Waals surface area contributed by atoms with Gasteiger partial charge in [0.2, 0.25) is 0 Å². The van der Waals surface area contributed by atoms with Crippen LogP contribution in [0.3, 0.4) is 0 Å². The van der Waals surface area contributed by atoms with Crippen molar-refractivity contribution in [2.24, 2.45) is 11.8 Å². The third kappa shape index (κ3) is 0.968. The lowest BCUT2D eigenvalue weighted by molar-refractivity contribution is 0.228. The Morgan fingerprint density at radius 3 is 2.50 bits per heavy atom. The number of likely N-dealkylation sites (tertiary alicyclic amines) is 1. The minimum absolute atomic E-state index is 0.841. The van der Waals surface area contributed by atoms with Gasteiger partial charge >= 0.3 is 0 Å². The highest BCUT2D eigenvalue weighted by Gasteiger charge is 2.45. The predicted octanol–water partition coefficient (Wildman–Crippen LogP) is 1.74. The summed E-state index contributed by atoms with van der Waals surface area (Å²) in [6.45, 7) is 7.44. The van der Waals surface area contributed by atoms with Crippen LogP contribution in [0.4, 0.5) is 0 Å². The molecule has 58 valence electrons. The quantitative estimate of drug-likeness (QED) is 0.563. The molecule has 2 fully saturated rings. The van der Waals surface area contributed by atoms with Crippen molar-refractivity contribution in [1.82, 2.24) is 4.90 Å². The Hall–Kier alpha value is -0.0400. The minimum Gasteiger partial charge on any atom is -0.300 e. The molecule has 1 nitrogen and oxygen atoms in total. The highest BCUT2D eigenvalue weighted by molar-refractivity contribution is 4.97. The molecular weight excluding hydrogens is 122 g/mol. The van der Waals surface area contributed by atoms with E-state index in [-0.39, 0.29) is 0 Å². The van der Waals surface area contributed by atoms with Gasteiger partial charge in [-0.05, 0) is 31.6 Å². The Labute approximate surface area is 63.4 Å². The van der Waals surface area contributed by atoms with Crippen LogP contribution in [0, 0.1) is 11.8 Å². The molecule has 3 unspecified atom stereocenters. The first-order chi connectivity index (χ1) is 4.81. The van der Waals surface area contributed by atoms with E-state index in [0.717, 1.165) is 17.9 Å². The molecule has 1 saturated carbocycles. The highest BCUT2D eigenvalue weighted by atomic mass is 15.2. The van der Waals surface area contributed by atoms with Gasteiger partial charge in [-0.3, -0.25) is 0 Å². The number of hydrogen-bond acceptors (Lipinski definition) is 1. The zero-order valence-electron chi connectivity index (χ0n) is 7.01. The van der Waals surface area contributed by atoms with Gasteiger partial charge in [0.1, 0.15) is 0 Å². The molecule has 1 aliphatic carbocycles. The second kappa shape index (κ2) is 2.23. The summed E-state index contributed by atoms with van der Waals surface area (Å²) < 4.78 is 0. The molecule has 0 aromatic carbocycles. The lowest BCUT2D eigenvalue weighted by Crippen LogP contribution is -2.31. The van der Waals surface area contributed by atoms with Crippen LogP contribution in [0.1, 0.15) is 26.7 Å². The maximum Gasteiger partial charge on any atom is 0.00645 e. The van der Waals surface area contributed by atoms with E-state index in [0.29, 0.717) is 0 Å². The summed E-state index contributed by atoms with van der Waals surface area (Å²) in [6, 6.07) is 0.841. The number of piperidine rings is 1. The summed E-state index contributed by atoms with van der Waals surface area (Å²) in [5.74, 6) is 2.21. The monoisotopic (exact) mass is 139 g/mol. The van der Waals surface area contributed by atoms with Crippen molar-refractivity contribution in [3.63, 3.8) is 0 Å². The maximum atomic E-state index is 2.65. The highest BCUT2D eigenvalue weighted by Crippen LogP contribution is 2.45. The van der Waals surface area contributed by atoms with Crippen molar-refractivity contribution in [2.45, 2.75) is 32.7 Å². The van der Waals surface area contributed by atoms with Gasteiger partial charge < -0.3 is 4.90 Å². The lowest BCUT2D eigenvalue weighted by atomic mass is 10.2. The molecule has 0 amide bonds. The minimum atomic E-state index is 0.841. The molecule has 0 aromatic heterocycles. The Bertz CT molecular complexity index is 123. The average molecular weight is 139 g/mol. The molecule has 0 bridgehead atoms. The van der Waals surface area contributed by atoms with E-state index < -0.39 is 0 Å². The summed E-state index contributed by atoms with van der Waals surface area (Å²) in [7, 11) is 0. The van der Waals surface area contributed by atoms with E-state index >= 15 is 0 Å². The van der Waals surface area contributed by atoms with Crippen LogP contribution in [-0.2, 0) is 0 Å². The summed E-state index contributed by atoms with van der Waals surface area (Å²) in [5.41, 5.74) is 0. The maximum absolute atomic E-state index is 2.65. The van der Waals surface area contributed by atoms with E-state index in [9.17, 15) is 0 Å². The number of fused-ring (bicyclic) bond motifs is 1. The summed E-state index contributed by atoms with van der Waals surface area (Å²) >= 11 is 0. The second-order valence-electron chi connectivity index (χ2n) is 3.97. The van der Waals surface area contributed by atoms with Crippen molar-refractivity contribution in [2.75, 3.05) is 13.1 Å². The van der Waals surface area contributed by atoms with Crippen molar-refractivity contribution in [1.29, 1.82) is 0 Å². The molecule has 0 aromatic rings. The van der Waals surface area contributed by atoms with Gasteiger partial charge in [0.15, 0.2) is 0 Å². The van der Waals surface area contributed by atoms with Gasteiger partial charge in [0.25, 0.3) is 0 Å². The number of nitrogens with zero attached hydrogens (tertiary/aromatic N) is 1. The van der Waals surface area contributed by atoms with Crippen molar-refractivity contribution in [3.8, 4) is 0 Å². The first kappa shape index (κ1) is 6.66. The van der Waals surface area contributed by atoms with Crippen LogP contribution in [0.15, 0.2) is 0 Å². The largest absolute Gasteiger partial charge is 0.300 e. The van der Waals surface area contributed by atoms with E-state index in [1.807, 2.05) is 0 Å². The van der Waals surface area contributed by atoms with Crippen molar-refractivity contribution in [3.05, 3.63) is 0 Å². The Balaban J connectivity index is 1.84. The molecular formula is C9H17N. The summed E-state index contributed by atoms with van der Waals surface area (Å²) in [4.78, 5) is 2.65. The van der Waals surface area contributed by atoms with Gasteiger partial charge in [-0.15, -0.1) is 0 Å². The number of rotatable bonds is 2. The zero-order chi connectivity index (χ0) is 7.14. The van der Waals surface area contributed by atoms with Crippen LogP contribution >= 0.6 is 0 Å². The van der Waals surface area contributed by atoms with Gasteiger partial charge in [-0.1, -0.05) is 6.92 Å². The van der Waals surface area contributed by atoms with Gasteiger partial charge in [0.05, 0.1) is 0 Å². The van der Waals surface area contributed by atoms with E-state index in [1.165, 1.54) is 25.9 Å². The fraction of sp³-hybridized carbons (Fsp3) is 1.00. The van der Waals surface area contributed by atoms with Crippen molar-refractivity contribution < 1.29 is 0 Å². The van der Waals surface area contributed by atoms with Crippen LogP contribution < -0.4 is 0 Å². The Morgan fingerprint density at radius 2 is 2.00 bits per heavy atom. The van der Waals surface area contributed by atoms with Crippen LogP contribution in [0.25, 0.3) is 0 Å². The smallest absolute Gasteiger partial charge is 0.00645 e. The topological polar surface area (TPSA) is 3.24 Å². The molecule has 1 aliphatic heterocycles. The predicted molar refractivity (Wildman–Crippen MR) is 42.9 cm³/mol. The second-order valence-corrected chi connectivity index (χ2v) is 3.97. The third-order valence-electron chi connectivity index (χ3n) is 3.22. The first-order valence-electron chi connectivity index (χ1n) is 4.55.